The number of aromatic amines is 1. The molecular weight excluding hydrogens is 611 g/mol. The van der Waals surface area contributed by atoms with Crippen LogP contribution in [-0.4, -0.2) is 55.0 Å². The first-order chi connectivity index (χ1) is 22.2. The Morgan fingerprint density at radius 1 is 1.09 bits per heavy atom. The maximum atomic E-state index is 14.9. The molecule has 46 heavy (non-hydrogen) atoms. The van der Waals surface area contributed by atoms with E-state index in [1.165, 1.54) is 10.7 Å². The van der Waals surface area contributed by atoms with E-state index in [1.54, 1.807) is 26.1 Å². The topological polar surface area (TPSA) is 99.4 Å². The van der Waals surface area contributed by atoms with Gasteiger partial charge in [-0.3, -0.25) is 9.88 Å². The van der Waals surface area contributed by atoms with Gasteiger partial charge < -0.3 is 18.8 Å². The van der Waals surface area contributed by atoms with Gasteiger partial charge in [-0.15, -0.1) is 0 Å². The normalized spacial score (nSPS) is 21.6. The maximum Gasteiger partial charge on any atom is 0.343 e. The highest BCUT2D eigenvalue weighted by atomic mass is 35.5. The van der Waals surface area contributed by atoms with Crippen LogP contribution in [0, 0.1) is 5.82 Å². The van der Waals surface area contributed by atoms with Gasteiger partial charge in [0.2, 0.25) is 0 Å². The molecule has 1 N–H and O–H groups in total. The summed E-state index contributed by atoms with van der Waals surface area (Å²) in [7, 11) is 1.63. The number of benzene rings is 3. The van der Waals surface area contributed by atoms with Crippen molar-refractivity contribution >= 4 is 22.6 Å². The number of hydrogen-bond donors (Lipinski definition) is 1. The molecule has 2 saturated heterocycles. The number of halogens is 2. The first-order valence-electron chi connectivity index (χ1n) is 15.7. The summed E-state index contributed by atoms with van der Waals surface area (Å²) in [6.07, 6.45) is 3.10. The van der Waals surface area contributed by atoms with Crippen LogP contribution in [0.3, 0.4) is 0 Å². The standard InChI is InChI=1S/C34H34ClFN6O4/c1-34(25-8-7-22(35)17-26(25)36)45-29-5-3-4-24(31(29)46-34)20-10-13-41(14-11-20)19-30-37-27-16-21(32-38-33(43)40(2)39-32)6-9-28(27)42(30)18-23-12-15-44-23/h3-9,16-17,20,23H,10-15,18-19H2,1-2H3,(H,38,39,43). The number of aryl methyl sites for hydroxylation is 1. The molecule has 2 aromatic heterocycles. The van der Waals surface area contributed by atoms with Crippen molar-refractivity contribution in [3.63, 3.8) is 0 Å². The number of rotatable bonds is 7. The second kappa shape index (κ2) is 11.3. The van der Waals surface area contributed by atoms with Crippen LogP contribution in [0.25, 0.3) is 22.4 Å². The van der Waals surface area contributed by atoms with E-state index in [0.29, 0.717) is 34.5 Å². The van der Waals surface area contributed by atoms with E-state index < -0.39 is 11.6 Å². The number of nitrogens with zero attached hydrogens (tertiary/aromatic N) is 5. The van der Waals surface area contributed by atoms with Crippen LogP contribution < -0.4 is 15.2 Å². The number of aromatic nitrogens is 5. The van der Waals surface area contributed by atoms with Crippen molar-refractivity contribution in [2.45, 2.75) is 57.1 Å². The lowest BCUT2D eigenvalue weighted by Crippen LogP contribution is -2.35. The molecule has 0 spiro atoms. The van der Waals surface area contributed by atoms with E-state index in [2.05, 4.69) is 31.7 Å². The summed E-state index contributed by atoms with van der Waals surface area (Å²) in [5, 5.41) is 4.64. The molecule has 2 atom stereocenters. The molecule has 0 aliphatic carbocycles. The van der Waals surface area contributed by atoms with Gasteiger partial charge in [-0.05, 0) is 80.7 Å². The number of fused-ring (bicyclic) bond motifs is 2. The Morgan fingerprint density at radius 3 is 2.63 bits per heavy atom. The molecule has 3 aliphatic rings. The first kappa shape index (κ1) is 29.2. The molecule has 3 aliphatic heterocycles. The SMILES string of the molecule is Cn1nc(-c2ccc3c(c2)nc(CN2CCC(c4cccc5c4OC(C)(c4ccc(Cl)cc4F)O5)CC2)n3CC2CCO2)[nH]c1=O. The molecule has 10 nitrogen and oxygen atoms in total. The second-order valence-electron chi connectivity index (χ2n) is 12.5. The molecule has 12 heteroatoms. The quantitative estimate of drug-likeness (QED) is 0.242. The van der Waals surface area contributed by atoms with Crippen molar-refractivity contribution in [3.8, 4) is 22.9 Å². The zero-order valence-electron chi connectivity index (χ0n) is 25.6. The molecule has 238 valence electrons. The van der Waals surface area contributed by atoms with Gasteiger partial charge in [0.25, 0.3) is 5.79 Å². The molecule has 3 aromatic carbocycles. The number of ether oxygens (including phenoxy) is 3. The van der Waals surface area contributed by atoms with E-state index in [0.717, 1.165) is 73.5 Å². The van der Waals surface area contributed by atoms with Gasteiger partial charge in [-0.25, -0.2) is 18.9 Å². The van der Waals surface area contributed by atoms with Crippen molar-refractivity contribution in [3.05, 3.63) is 92.9 Å². The summed E-state index contributed by atoms with van der Waals surface area (Å²) < 4.78 is 36.8. The molecule has 5 aromatic rings. The molecule has 8 rings (SSSR count). The zero-order valence-corrected chi connectivity index (χ0v) is 26.4. The number of nitrogens with one attached hydrogen (secondary N) is 1. The molecular formula is C34H34ClFN6O4. The predicted molar refractivity (Wildman–Crippen MR) is 171 cm³/mol. The largest absolute Gasteiger partial charge is 0.444 e. The Morgan fingerprint density at radius 2 is 1.91 bits per heavy atom. The van der Waals surface area contributed by atoms with E-state index >= 15 is 0 Å². The Bertz CT molecular complexity index is 2010. The Hall–Kier alpha value is -4.19. The highest BCUT2D eigenvalue weighted by molar-refractivity contribution is 6.30. The maximum absolute atomic E-state index is 14.9. The van der Waals surface area contributed by atoms with Crippen molar-refractivity contribution in [2.24, 2.45) is 7.05 Å². The predicted octanol–water partition coefficient (Wildman–Crippen LogP) is 5.73. The number of imidazole rings is 1. The lowest BCUT2D eigenvalue weighted by atomic mass is 9.88. The number of H-pyrrole nitrogens is 1. The summed E-state index contributed by atoms with van der Waals surface area (Å²) in [6.45, 7) is 5.78. The van der Waals surface area contributed by atoms with Gasteiger partial charge in [0.15, 0.2) is 17.3 Å². The van der Waals surface area contributed by atoms with Gasteiger partial charge in [-0.2, -0.15) is 5.10 Å². The minimum Gasteiger partial charge on any atom is -0.444 e. The van der Waals surface area contributed by atoms with E-state index in [4.69, 9.17) is 30.8 Å². The smallest absolute Gasteiger partial charge is 0.343 e. The molecule has 0 saturated carbocycles. The minimum absolute atomic E-state index is 0.183. The van der Waals surface area contributed by atoms with Gasteiger partial charge in [0, 0.05) is 36.7 Å². The van der Waals surface area contributed by atoms with Gasteiger partial charge in [-0.1, -0.05) is 23.7 Å². The summed E-state index contributed by atoms with van der Waals surface area (Å²) in [5.74, 6) is 1.36. The third kappa shape index (κ3) is 5.16. The average molecular weight is 645 g/mol. The number of likely N-dealkylation sites (tertiary alicyclic amines) is 1. The van der Waals surface area contributed by atoms with E-state index in [1.807, 2.05) is 24.3 Å². The fraction of sp³-hybridized carbons (Fsp3) is 0.382. The van der Waals surface area contributed by atoms with Crippen LogP contribution in [0.15, 0.2) is 59.4 Å². The Balaban J connectivity index is 1.00. The molecule has 0 amide bonds. The number of piperidine rings is 1. The molecule has 2 unspecified atom stereocenters. The molecule has 2 fully saturated rings. The second-order valence-corrected chi connectivity index (χ2v) is 13.0. The average Bonchev–Trinajstić information content (AvgIpc) is 3.66. The van der Waals surface area contributed by atoms with Crippen LogP contribution in [0.1, 0.15) is 49.1 Å². The third-order valence-corrected chi connectivity index (χ3v) is 9.71. The lowest BCUT2D eigenvalue weighted by molar-refractivity contribution is -0.0712. The van der Waals surface area contributed by atoms with Crippen LogP contribution >= 0.6 is 11.6 Å². The highest BCUT2D eigenvalue weighted by Crippen LogP contribution is 2.50. The van der Waals surface area contributed by atoms with Crippen molar-refractivity contribution in [1.82, 2.24) is 29.2 Å². The third-order valence-electron chi connectivity index (χ3n) is 9.47. The first-order valence-corrected chi connectivity index (χ1v) is 16.0. The monoisotopic (exact) mass is 644 g/mol. The Kier molecular flexibility index (Phi) is 7.15. The molecule has 0 radical (unpaired) electrons. The van der Waals surface area contributed by atoms with E-state index in [-0.39, 0.29) is 17.7 Å². The zero-order chi connectivity index (χ0) is 31.6. The summed E-state index contributed by atoms with van der Waals surface area (Å²) >= 11 is 5.99. The summed E-state index contributed by atoms with van der Waals surface area (Å²) in [5.41, 5.74) is 3.87. The fourth-order valence-electron chi connectivity index (χ4n) is 6.86. The Labute approximate surface area is 269 Å². The number of para-hydroxylation sites is 1. The van der Waals surface area contributed by atoms with Gasteiger partial charge in [0.05, 0.1) is 35.8 Å². The summed E-state index contributed by atoms with van der Waals surface area (Å²) in [4.78, 5) is 22.3. The highest BCUT2D eigenvalue weighted by Gasteiger charge is 2.43. The van der Waals surface area contributed by atoms with Crippen LogP contribution in [0.4, 0.5) is 4.39 Å². The van der Waals surface area contributed by atoms with Gasteiger partial charge >= 0.3 is 5.69 Å². The molecule has 0 bridgehead atoms. The minimum atomic E-state index is -1.28. The van der Waals surface area contributed by atoms with Crippen molar-refractivity contribution in [2.75, 3.05) is 19.7 Å². The lowest BCUT2D eigenvalue weighted by Gasteiger charge is -2.33. The summed E-state index contributed by atoms with van der Waals surface area (Å²) in [6, 6.07) is 16.5. The van der Waals surface area contributed by atoms with E-state index in [9.17, 15) is 9.18 Å². The van der Waals surface area contributed by atoms with Crippen LogP contribution in [0.2, 0.25) is 5.02 Å². The molecule has 5 heterocycles. The van der Waals surface area contributed by atoms with Gasteiger partial charge in [0.1, 0.15) is 11.6 Å². The number of hydrogen-bond acceptors (Lipinski definition) is 7. The van der Waals surface area contributed by atoms with Crippen molar-refractivity contribution < 1.29 is 18.6 Å². The van der Waals surface area contributed by atoms with Crippen LogP contribution in [-0.2, 0) is 30.7 Å². The van der Waals surface area contributed by atoms with Crippen LogP contribution in [0.5, 0.6) is 11.5 Å². The van der Waals surface area contributed by atoms with Crippen molar-refractivity contribution in [1.29, 1.82) is 0 Å². The fourth-order valence-corrected chi connectivity index (χ4v) is 7.01.